The summed E-state index contributed by atoms with van der Waals surface area (Å²) in [4.78, 5) is 22.7. The molecule has 116 valence electrons. The van der Waals surface area contributed by atoms with Gasteiger partial charge in [0.05, 0.1) is 24.9 Å². The normalized spacial score (nSPS) is 11.7. The molecular formula is C15H17N3O4. The molecule has 0 aliphatic carbocycles. The van der Waals surface area contributed by atoms with Gasteiger partial charge < -0.3 is 15.2 Å². The van der Waals surface area contributed by atoms with E-state index >= 15 is 0 Å². The average molecular weight is 303 g/mol. The molecule has 7 heteroatoms. The van der Waals surface area contributed by atoms with Gasteiger partial charge in [-0.15, -0.1) is 0 Å². The van der Waals surface area contributed by atoms with Gasteiger partial charge in [-0.05, 0) is 24.6 Å². The lowest BCUT2D eigenvalue weighted by atomic mass is 10.1. The van der Waals surface area contributed by atoms with E-state index in [2.05, 4.69) is 10.4 Å². The highest BCUT2D eigenvalue weighted by atomic mass is 16.5. The van der Waals surface area contributed by atoms with Crippen molar-refractivity contribution in [3.05, 3.63) is 47.8 Å². The summed E-state index contributed by atoms with van der Waals surface area (Å²) in [6.45, 7) is 1.83. The van der Waals surface area contributed by atoms with E-state index in [1.807, 2.05) is 31.2 Å². The number of ether oxygens (including phenoxy) is 1. The lowest BCUT2D eigenvalue weighted by Gasteiger charge is -2.14. The van der Waals surface area contributed by atoms with Crippen molar-refractivity contribution in [1.82, 2.24) is 15.1 Å². The maximum atomic E-state index is 12.0. The number of amides is 1. The van der Waals surface area contributed by atoms with Crippen LogP contribution in [0, 0.1) is 0 Å². The summed E-state index contributed by atoms with van der Waals surface area (Å²) in [5, 5.41) is 15.5. The molecular weight excluding hydrogens is 286 g/mol. The molecule has 0 aliphatic heterocycles. The fourth-order valence-corrected chi connectivity index (χ4v) is 1.97. The van der Waals surface area contributed by atoms with Crippen molar-refractivity contribution < 1.29 is 19.4 Å². The summed E-state index contributed by atoms with van der Waals surface area (Å²) in [5.74, 6) is -0.568. The van der Waals surface area contributed by atoms with Gasteiger partial charge in [0.15, 0.2) is 0 Å². The van der Waals surface area contributed by atoms with Crippen LogP contribution < -0.4 is 10.1 Å². The fourth-order valence-electron chi connectivity index (χ4n) is 1.97. The van der Waals surface area contributed by atoms with Gasteiger partial charge in [0.1, 0.15) is 12.3 Å². The SMILES string of the molecule is COc1ccc([C@@H](C)NC(=O)Cn2cc(C(=O)O)cn2)cc1. The van der Waals surface area contributed by atoms with Crippen LogP contribution in [0.25, 0.3) is 0 Å². The molecule has 0 saturated heterocycles. The Bertz CT molecular complexity index is 664. The minimum Gasteiger partial charge on any atom is -0.497 e. The Hall–Kier alpha value is -2.83. The molecule has 2 rings (SSSR count). The maximum Gasteiger partial charge on any atom is 0.338 e. The van der Waals surface area contributed by atoms with E-state index in [0.29, 0.717) is 0 Å². The van der Waals surface area contributed by atoms with Crippen LogP contribution in [0.1, 0.15) is 28.9 Å². The number of hydrogen-bond donors (Lipinski definition) is 2. The van der Waals surface area contributed by atoms with E-state index in [0.717, 1.165) is 11.3 Å². The minimum atomic E-state index is -1.07. The zero-order valence-electron chi connectivity index (χ0n) is 12.3. The summed E-state index contributed by atoms with van der Waals surface area (Å²) in [5.41, 5.74) is 0.997. The van der Waals surface area contributed by atoms with Gasteiger partial charge in [-0.3, -0.25) is 9.48 Å². The lowest BCUT2D eigenvalue weighted by Crippen LogP contribution is -2.30. The monoisotopic (exact) mass is 303 g/mol. The van der Waals surface area contributed by atoms with Crippen LogP contribution in [0.2, 0.25) is 0 Å². The molecule has 2 aromatic rings. The van der Waals surface area contributed by atoms with Crippen LogP contribution in [0.4, 0.5) is 0 Å². The predicted octanol–water partition coefficient (Wildman–Crippen LogP) is 1.47. The van der Waals surface area contributed by atoms with E-state index in [1.165, 1.54) is 17.1 Å². The van der Waals surface area contributed by atoms with Crippen LogP contribution in [0.15, 0.2) is 36.7 Å². The fraction of sp³-hybridized carbons (Fsp3) is 0.267. The first-order valence-electron chi connectivity index (χ1n) is 6.68. The van der Waals surface area contributed by atoms with Gasteiger partial charge in [-0.1, -0.05) is 12.1 Å². The first kappa shape index (κ1) is 15.6. The molecule has 0 aliphatic rings. The van der Waals surface area contributed by atoms with Gasteiger partial charge in [0.2, 0.25) is 5.91 Å². The van der Waals surface area contributed by atoms with Crippen molar-refractivity contribution in [1.29, 1.82) is 0 Å². The van der Waals surface area contributed by atoms with E-state index < -0.39 is 5.97 Å². The molecule has 1 heterocycles. The quantitative estimate of drug-likeness (QED) is 0.843. The zero-order chi connectivity index (χ0) is 16.1. The first-order chi connectivity index (χ1) is 10.5. The number of hydrogen-bond acceptors (Lipinski definition) is 4. The molecule has 1 aromatic heterocycles. The number of nitrogens with one attached hydrogen (secondary N) is 1. The molecule has 0 spiro atoms. The molecule has 22 heavy (non-hydrogen) atoms. The molecule has 2 N–H and O–H groups in total. The van der Waals surface area contributed by atoms with Crippen molar-refractivity contribution in [2.24, 2.45) is 0 Å². The first-order valence-corrected chi connectivity index (χ1v) is 6.68. The summed E-state index contributed by atoms with van der Waals surface area (Å²) in [7, 11) is 1.59. The number of carboxylic acid groups (broad SMARTS) is 1. The summed E-state index contributed by atoms with van der Waals surface area (Å²) in [6, 6.07) is 7.23. The third-order valence-electron chi connectivity index (χ3n) is 3.18. The Balaban J connectivity index is 1.93. The Labute approximate surface area is 127 Å². The second-order valence-electron chi connectivity index (χ2n) is 4.79. The number of nitrogens with zero attached hydrogens (tertiary/aromatic N) is 2. The van der Waals surface area contributed by atoms with Crippen molar-refractivity contribution >= 4 is 11.9 Å². The number of methoxy groups -OCH3 is 1. The Kier molecular flexibility index (Phi) is 4.77. The molecule has 0 unspecified atom stereocenters. The topological polar surface area (TPSA) is 93.5 Å². The van der Waals surface area contributed by atoms with E-state index in [-0.39, 0.29) is 24.1 Å². The van der Waals surface area contributed by atoms with Crippen LogP contribution in [-0.4, -0.2) is 33.9 Å². The smallest absolute Gasteiger partial charge is 0.338 e. The molecule has 1 aromatic carbocycles. The van der Waals surface area contributed by atoms with Gasteiger partial charge >= 0.3 is 5.97 Å². The number of aromatic carboxylic acids is 1. The van der Waals surface area contributed by atoms with Gasteiger partial charge in [-0.2, -0.15) is 5.10 Å². The van der Waals surface area contributed by atoms with Crippen molar-refractivity contribution in [3.8, 4) is 5.75 Å². The van der Waals surface area contributed by atoms with Gasteiger partial charge in [0, 0.05) is 6.20 Å². The molecule has 0 saturated carbocycles. The highest BCUT2D eigenvalue weighted by molar-refractivity contribution is 5.87. The van der Waals surface area contributed by atoms with Crippen LogP contribution in [0.3, 0.4) is 0 Å². The number of carbonyl (C=O) groups excluding carboxylic acids is 1. The number of rotatable bonds is 6. The molecule has 1 amide bonds. The summed E-state index contributed by atoms with van der Waals surface area (Å²) in [6.07, 6.45) is 2.53. The third kappa shape index (κ3) is 3.85. The maximum absolute atomic E-state index is 12.0. The standard InChI is InChI=1S/C15H17N3O4/c1-10(11-3-5-13(22-2)6-4-11)17-14(19)9-18-8-12(7-16-18)15(20)21/h3-8,10H,9H2,1-2H3,(H,17,19)(H,20,21)/t10-/m1/s1. The van der Waals surface area contributed by atoms with Gasteiger partial charge in [-0.25, -0.2) is 4.79 Å². The largest absolute Gasteiger partial charge is 0.497 e. The Morgan fingerprint density at radius 3 is 2.59 bits per heavy atom. The Morgan fingerprint density at radius 1 is 1.36 bits per heavy atom. The van der Waals surface area contributed by atoms with Crippen LogP contribution in [-0.2, 0) is 11.3 Å². The third-order valence-corrected chi connectivity index (χ3v) is 3.18. The second kappa shape index (κ2) is 6.75. The highest BCUT2D eigenvalue weighted by Crippen LogP contribution is 2.17. The minimum absolute atomic E-state index is 0.0340. The zero-order valence-corrected chi connectivity index (χ0v) is 12.3. The van der Waals surface area contributed by atoms with E-state index in [9.17, 15) is 9.59 Å². The summed E-state index contributed by atoms with van der Waals surface area (Å²) < 4.78 is 6.37. The predicted molar refractivity (Wildman–Crippen MR) is 78.7 cm³/mol. The molecule has 0 radical (unpaired) electrons. The molecule has 7 nitrogen and oxygen atoms in total. The number of aromatic nitrogens is 2. The van der Waals surface area contributed by atoms with E-state index in [4.69, 9.17) is 9.84 Å². The summed E-state index contributed by atoms with van der Waals surface area (Å²) >= 11 is 0. The molecule has 0 bridgehead atoms. The van der Waals surface area contributed by atoms with Crippen molar-refractivity contribution in [2.45, 2.75) is 19.5 Å². The Morgan fingerprint density at radius 2 is 2.05 bits per heavy atom. The molecule has 0 fully saturated rings. The van der Waals surface area contributed by atoms with E-state index in [1.54, 1.807) is 7.11 Å². The van der Waals surface area contributed by atoms with Crippen molar-refractivity contribution in [3.63, 3.8) is 0 Å². The van der Waals surface area contributed by atoms with Gasteiger partial charge in [0.25, 0.3) is 0 Å². The number of benzene rings is 1. The van der Waals surface area contributed by atoms with Crippen LogP contribution in [0.5, 0.6) is 5.75 Å². The number of carboxylic acids is 1. The number of carbonyl (C=O) groups is 2. The highest BCUT2D eigenvalue weighted by Gasteiger charge is 2.12. The average Bonchev–Trinajstić information content (AvgIpc) is 2.95. The lowest BCUT2D eigenvalue weighted by molar-refractivity contribution is -0.122. The van der Waals surface area contributed by atoms with Crippen molar-refractivity contribution in [2.75, 3.05) is 7.11 Å². The second-order valence-corrected chi connectivity index (χ2v) is 4.79. The van der Waals surface area contributed by atoms with Crippen LogP contribution >= 0.6 is 0 Å². The molecule has 1 atom stereocenters.